The highest BCUT2D eigenvalue weighted by Gasteiger charge is 2.43. The molecule has 1 aromatic rings. The summed E-state index contributed by atoms with van der Waals surface area (Å²) in [5, 5.41) is 3.65. The first-order valence-corrected chi connectivity index (χ1v) is 6.63. The van der Waals surface area contributed by atoms with Gasteiger partial charge in [-0.1, -0.05) is 19.8 Å². The van der Waals surface area contributed by atoms with E-state index in [1.807, 2.05) is 6.26 Å². The summed E-state index contributed by atoms with van der Waals surface area (Å²) in [5.74, 6) is 0. The first-order chi connectivity index (χ1) is 8.20. The van der Waals surface area contributed by atoms with Gasteiger partial charge >= 0.3 is 0 Å². The van der Waals surface area contributed by atoms with Gasteiger partial charge in [0.2, 0.25) is 0 Å². The van der Waals surface area contributed by atoms with Crippen molar-refractivity contribution < 1.29 is 4.42 Å². The summed E-state index contributed by atoms with van der Waals surface area (Å²) >= 11 is 0. The van der Waals surface area contributed by atoms with Gasteiger partial charge in [0.25, 0.3) is 0 Å². The van der Waals surface area contributed by atoms with Gasteiger partial charge in [0, 0.05) is 11.1 Å². The molecule has 1 aromatic heterocycles. The predicted molar refractivity (Wildman–Crippen MR) is 70.0 cm³/mol. The van der Waals surface area contributed by atoms with Gasteiger partial charge in [-0.05, 0) is 39.5 Å². The van der Waals surface area contributed by atoms with Crippen LogP contribution in [-0.2, 0) is 0 Å². The van der Waals surface area contributed by atoms with E-state index in [4.69, 9.17) is 4.42 Å². The molecule has 0 amide bonds. The fourth-order valence-electron chi connectivity index (χ4n) is 3.24. The van der Waals surface area contributed by atoms with E-state index < -0.39 is 0 Å². The molecule has 1 saturated carbocycles. The molecule has 0 bridgehead atoms. The van der Waals surface area contributed by atoms with Crippen LogP contribution in [0.5, 0.6) is 0 Å². The summed E-state index contributed by atoms with van der Waals surface area (Å²) in [6.45, 7) is 3.16. The first-order valence-electron chi connectivity index (χ1n) is 6.63. The minimum absolute atomic E-state index is 0.250. The highest BCUT2D eigenvalue weighted by atomic mass is 16.3. The average molecular weight is 236 g/mol. The highest BCUT2D eigenvalue weighted by Crippen LogP contribution is 2.43. The zero-order valence-corrected chi connectivity index (χ0v) is 11.2. The number of rotatable bonds is 5. The second-order valence-electron chi connectivity index (χ2n) is 5.25. The van der Waals surface area contributed by atoms with E-state index in [0.717, 1.165) is 6.54 Å². The maximum atomic E-state index is 5.27. The van der Waals surface area contributed by atoms with Gasteiger partial charge in [-0.25, -0.2) is 0 Å². The lowest BCUT2D eigenvalue weighted by molar-refractivity contribution is 0.105. The lowest BCUT2D eigenvalue weighted by Gasteiger charge is -2.43. The third kappa shape index (κ3) is 2.26. The van der Waals surface area contributed by atoms with Crippen molar-refractivity contribution in [1.29, 1.82) is 0 Å². The molecule has 0 saturated heterocycles. The Morgan fingerprint density at radius 2 is 2.12 bits per heavy atom. The number of nitrogens with zero attached hydrogens (tertiary/aromatic N) is 1. The fourth-order valence-corrected chi connectivity index (χ4v) is 3.24. The predicted octanol–water partition coefficient (Wildman–Crippen LogP) is 2.80. The third-order valence-electron chi connectivity index (χ3n) is 4.18. The van der Waals surface area contributed by atoms with Crippen molar-refractivity contribution in [3.63, 3.8) is 0 Å². The van der Waals surface area contributed by atoms with Crippen LogP contribution in [0.4, 0.5) is 0 Å². The maximum Gasteiger partial charge on any atom is 0.0951 e. The molecular weight excluding hydrogens is 212 g/mol. The average Bonchev–Trinajstić information content (AvgIpc) is 2.98. The van der Waals surface area contributed by atoms with Crippen LogP contribution in [0.3, 0.4) is 0 Å². The molecule has 1 aliphatic rings. The summed E-state index contributed by atoms with van der Waals surface area (Å²) in [4.78, 5) is 2.40. The van der Waals surface area contributed by atoms with Gasteiger partial charge in [-0.15, -0.1) is 0 Å². The molecule has 1 atom stereocenters. The summed E-state index contributed by atoms with van der Waals surface area (Å²) < 4.78 is 5.27. The Morgan fingerprint density at radius 3 is 2.59 bits per heavy atom. The maximum absolute atomic E-state index is 5.27. The number of likely N-dealkylation sites (N-methyl/N-ethyl adjacent to an activating group) is 2. The van der Waals surface area contributed by atoms with Crippen LogP contribution < -0.4 is 5.32 Å². The molecule has 0 spiro atoms. The molecule has 1 unspecified atom stereocenters. The van der Waals surface area contributed by atoms with E-state index in [-0.39, 0.29) is 5.54 Å². The molecule has 2 rings (SSSR count). The Hall–Kier alpha value is -0.800. The van der Waals surface area contributed by atoms with Crippen LogP contribution in [0.15, 0.2) is 23.0 Å². The van der Waals surface area contributed by atoms with Crippen LogP contribution in [0.2, 0.25) is 0 Å². The van der Waals surface area contributed by atoms with E-state index in [2.05, 4.69) is 37.3 Å². The lowest BCUT2D eigenvalue weighted by Crippen LogP contribution is -2.51. The van der Waals surface area contributed by atoms with Crippen LogP contribution in [0.25, 0.3) is 0 Å². The van der Waals surface area contributed by atoms with Crippen molar-refractivity contribution in [3.05, 3.63) is 24.2 Å². The zero-order valence-electron chi connectivity index (χ0n) is 11.2. The lowest BCUT2D eigenvalue weighted by atomic mass is 9.83. The van der Waals surface area contributed by atoms with Crippen LogP contribution in [0, 0.1) is 0 Å². The van der Waals surface area contributed by atoms with E-state index >= 15 is 0 Å². The topological polar surface area (TPSA) is 28.4 Å². The Kier molecular flexibility index (Phi) is 3.89. The van der Waals surface area contributed by atoms with Gasteiger partial charge in [0.05, 0.1) is 18.6 Å². The minimum Gasteiger partial charge on any atom is -0.472 e. The van der Waals surface area contributed by atoms with Crippen LogP contribution in [0.1, 0.15) is 44.2 Å². The largest absolute Gasteiger partial charge is 0.472 e. The van der Waals surface area contributed by atoms with Crippen molar-refractivity contribution in [2.24, 2.45) is 0 Å². The number of nitrogens with one attached hydrogen (secondary N) is 1. The molecule has 1 aliphatic carbocycles. The molecule has 17 heavy (non-hydrogen) atoms. The molecule has 3 nitrogen and oxygen atoms in total. The molecule has 96 valence electrons. The van der Waals surface area contributed by atoms with E-state index in [9.17, 15) is 0 Å². The Morgan fingerprint density at radius 1 is 1.41 bits per heavy atom. The molecule has 0 radical (unpaired) electrons. The van der Waals surface area contributed by atoms with Gasteiger partial charge in [-0.3, -0.25) is 0 Å². The molecule has 0 aliphatic heterocycles. The molecule has 1 N–H and O–H groups in total. The van der Waals surface area contributed by atoms with E-state index in [1.165, 1.54) is 31.2 Å². The van der Waals surface area contributed by atoms with Crippen LogP contribution in [-0.4, -0.2) is 31.1 Å². The molecule has 0 aromatic carbocycles. The van der Waals surface area contributed by atoms with Crippen LogP contribution >= 0.6 is 0 Å². The van der Waals surface area contributed by atoms with Crippen molar-refractivity contribution >= 4 is 0 Å². The quantitative estimate of drug-likeness (QED) is 0.852. The Balaban J connectivity index is 2.30. The van der Waals surface area contributed by atoms with Gasteiger partial charge in [0.15, 0.2) is 0 Å². The Labute approximate surface area is 104 Å². The van der Waals surface area contributed by atoms with Crippen molar-refractivity contribution in [2.45, 2.75) is 44.2 Å². The molecule has 1 fully saturated rings. The zero-order chi connectivity index (χ0) is 12.3. The monoisotopic (exact) mass is 236 g/mol. The Bertz CT molecular complexity index is 326. The number of furan rings is 1. The summed E-state index contributed by atoms with van der Waals surface area (Å²) in [6.07, 6.45) is 8.86. The number of hydrogen-bond donors (Lipinski definition) is 1. The third-order valence-corrected chi connectivity index (χ3v) is 4.18. The highest BCUT2D eigenvalue weighted by molar-refractivity contribution is 5.20. The van der Waals surface area contributed by atoms with E-state index in [1.54, 1.807) is 6.26 Å². The van der Waals surface area contributed by atoms with Crippen molar-refractivity contribution in [1.82, 2.24) is 10.2 Å². The summed E-state index contributed by atoms with van der Waals surface area (Å²) in [5.41, 5.74) is 1.53. The molecular formula is C14H24N2O. The van der Waals surface area contributed by atoms with E-state index in [0.29, 0.717) is 6.04 Å². The standard InChI is InChI=1S/C14H24N2O/c1-4-15-13(12-7-10-17-11-12)14(16(2)3)8-5-6-9-14/h7,10-11,13,15H,4-6,8-9H2,1-3H3. The SMILES string of the molecule is CCNC(c1ccoc1)C1(N(C)C)CCCC1. The van der Waals surface area contributed by atoms with Crippen molar-refractivity contribution in [2.75, 3.05) is 20.6 Å². The fraction of sp³-hybridized carbons (Fsp3) is 0.714. The second-order valence-corrected chi connectivity index (χ2v) is 5.25. The number of hydrogen-bond acceptors (Lipinski definition) is 3. The second kappa shape index (κ2) is 5.23. The first kappa shape index (κ1) is 12.7. The van der Waals surface area contributed by atoms with Gasteiger partial charge < -0.3 is 14.6 Å². The van der Waals surface area contributed by atoms with Gasteiger partial charge in [-0.2, -0.15) is 0 Å². The smallest absolute Gasteiger partial charge is 0.0951 e. The summed E-state index contributed by atoms with van der Waals surface area (Å²) in [6, 6.07) is 2.47. The van der Waals surface area contributed by atoms with Crippen molar-refractivity contribution in [3.8, 4) is 0 Å². The summed E-state index contributed by atoms with van der Waals surface area (Å²) in [7, 11) is 4.41. The minimum atomic E-state index is 0.250. The van der Waals surface area contributed by atoms with Gasteiger partial charge in [0.1, 0.15) is 0 Å². The normalized spacial score (nSPS) is 20.9. The molecule has 1 heterocycles. The molecule has 3 heteroatoms.